The molecule has 7 aliphatic carbocycles. The third-order valence-corrected chi connectivity index (χ3v) is 13.1. The maximum atomic E-state index is 9.56. The summed E-state index contributed by atoms with van der Waals surface area (Å²) in [6, 6.07) is 12.5. The van der Waals surface area contributed by atoms with Crippen LogP contribution in [0.15, 0.2) is 178 Å². The van der Waals surface area contributed by atoms with Crippen LogP contribution in [-0.4, -0.2) is 23.0 Å². The van der Waals surface area contributed by atoms with Gasteiger partial charge in [-0.05, 0) is 115 Å². The summed E-state index contributed by atoms with van der Waals surface area (Å²) in [5.74, 6) is 1.14. The molecular formula is C49H47N3. The van der Waals surface area contributed by atoms with E-state index < -0.39 is 0 Å². The average molecular weight is 678 g/mol. The fraction of sp³-hybridized carbons (Fsp3) is 0.327. The van der Waals surface area contributed by atoms with Gasteiger partial charge in [-0.3, -0.25) is 0 Å². The molecule has 0 bridgehead atoms. The lowest BCUT2D eigenvalue weighted by Gasteiger charge is -2.41. The maximum Gasteiger partial charge on any atom is 0.0700 e. The van der Waals surface area contributed by atoms with Crippen molar-refractivity contribution in [1.29, 1.82) is 5.26 Å². The summed E-state index contributed by atoms with van der Waals surface area (Å²) in [6.45, 7) is 0. The van der Waals surface area contributed by atoms with Crippen molar-refractivity contribution in [3.8, 4) is 6.07 Å². The topological polar surface area (TPSA) is 30.3 Å². The molecule has 0 aromatic heterocycles. The number of hydrogen-bond donors (Lipinski definition) is 0. The number of allylic oxidation sites excluding steroid dienone is 18. The minimum Gasteiger partial charge on any atom is -0.357 e. The predicted octanol–water partition coefficient (Wildman–Crippen LogP) is 11.1. The molecule has 9 aliphatic rings. The van der Waals surface area contributed by atoms with Gasteiger partial charge in [0.1, 0.15) is 0 Å². The van der Waals surface area contributed by atoms with Crippen LogP contribution in [0.25, 0.3) is 0 Å². The first-order chi connectivity index (χ1) is 25.8. The molecule has 1 aromatic rings. The van der Waals surface area contributed by atoms with Crippen LogP contribution in [0.4, 0.5) is 5.69 Å². The Labute approximate surface area is 309 Å². The Hall–Kier alpha value is -5.07. The molecule has 52 heavy (non-hydrogen) atoms. The highest BCUT2D eigenvalue weighted by molar-refractivity contribution is 5.68. The molecule has 7 unspecified atom stereocenters. The van der Waals surface area contributed by atoms with E-state index in [4.69, 9.17) is 0 Å². The molecule has 258 valence electrons. The number of anilines is 1. The zero-order valence-electron chi connectivity index (χ0n) is 29.9. The van der Waals surface area contributed by atoms with Gasteiger partial charge in [-0.2, -0.15) is 5.26 Å². The van der Waals surface area contributed by atoms with Crippen molar-refractivity contribution in [3.63, 3.8) is 0 Å². The second kappa shape index (κ2) is 13.2. The van der Waals surface area contributed by atoms with Crippen molar-refractivity contribution in [2.24, 2.45) is 17.8 Å². The van der Waals surface area contributed by atoms with Crippen LogP contribution in [0.3, 0.4) is 0 Å². The van der Waals surface area contributed by atoms with Gasteiger partial charge in [0.2, 0.25) is 0 Å². The monoisotopic (exact) mass is 677 g/mol. The molecule has 0 amide bonds. The summed E-state index contributed by atoms with van der Waals surface area (Å²) < 4.78 is 0. The fourth-order valence-electron chi connectivity index (χ4n) is 10.7. The zero-order valence-corrected chi connectivity index (χ0v) is 29.9. The Morgan fingerprint density at radius 3 is 2.52 bits per heavy atom. The second-order valence-electron chi connectivity index (χ2n) is 15.8. The third-order valence-electron chi connectivity index (χ3n) is 13.1. The van der Waals surface area contributed by atoms with E-state index in [1.54, 1.807) is 16.8 Å². The van der Waals surface area contributed by atoms with Gasteiger partial charge in [-0.25, -0.2) is 0 Å². The molecule has 0 radical (unpaired) electrons. The lowest BCUT2D eigenvalue weighted by molar-refractivity contribution is 0.359. The molecule has 0 saturated carbocycles. The maximum absolute atomic E-state index is 9.56. The van der Waals surface area contributed by atoms with Gasteiger partial charge in [0.25, 0.3) is 0 Å². The van der Waals surface area contributed by atoms with Crippen molar-refractivity contribution in [3.05, 3.63) is 184 Å². The van der Waals surface area contributed by atoms with Crippen molar-refractivity contribution >= 4 is 5.69 Å². The van der Waals surface area contributed by atoms with E-state index >= 15 is 0 Å². The highest BCUT2D eigenvalue weighted by Gasteiger charge is 2.44. The summed E-state index contributed by atoms with van der Waals surface area (Å²) in [7, 11) is 0. The highest BCUT2D eigenvalue weighted by Crippen LogP contribution is 2.51. The van der Waals surface area contributed by atoms with E-state index in [1.165, 1.54) is 64.9 Å². The van der Waals surface area contributed by atoms with Gasteiger partial charge >= 0.3 is 0 Å². The number of nitrogens with zero attached hydrogens (tertiary/aromatic N) is 3. The number of hydrogen-bond acceptors (Lipinski definition) is 3. The first-order valence-electron chi connectivity index (χ1n) is 19.8. The normalized spacial score (nSPS) is 32.6. The second-order valence-corrected chi connectivity index (χ2v) is 15.8. The van der Waals surface area contributed by atoms with Gasteiger partial charge in [0, 0.05) is 34.8 Å². The Bertz CT molecular complexity index is 2140. The first kappa shape index (κ1) is 31.6. The number of nitriles is 1. The van der Waals surface area contributed by atoms with E-state index in [1.807, 2.05) is 0 Å². The van der Waals surface area contributed by atoms with Gasteiger partial charge in [0.05, 0.1) is 30.1 Å². The molecule has 0 N–H and O–H groups in total. The number of para-hydroxylation sites is 1. The largest absolute Gasteiger partial charge is 0.357 e. The van der Waals surface area contributed by atoms with Crippen LogP contribution < -0.4 is 4.90 Å². The Kier molecular flexibility index (Phi) is 8.01. The molecule has 3 heteroatoms. The smallest absolute Gasteiger partial charge is 0.0700 e. The number of fused-ring (bicyclic) bond motifs is 5. The average Bonchev–Trinajstić information content (AvgIpc) is 3.74. The number of rotatable bonds is 5. The molecule has 0 spiro atoms. The minimum absolute atomic E-state index is 0.0230. The lowest BCUT2D eigenvalue weighted by atomic mass is 9.74. The highest BCUT2D eigenvalue weighted by atomic mass is 15.2. The van der Waals surface area contributed by atoms with Crippen LogP contribution in [0.5, 0.6) is 0 Å². The molecule has 2 heterocycles. The fourth-order valence-corrected chi connectivity index (χ4v) is 10.7. The van der Waals surface area contributed by atoms with Crippen molar-refractivity contribution in [1.82, 2.24) is 4.90 Å². The molecule has 0 saturated heterocycles. The molecule has 1 aromatic carbocycles. The SMILES string of the molecule is N#CC1C=CC(C2=CC=CCC2C2=C(C3=CC(N4C5=C(CCCC5)C5C=CC=CC54)=CC(N4c5ccccc5C5C=CC=CC54)C3)CCC=C2)=CC1. The van der Waals surface area contributed by atoms with Crippen LogP contribution in [0.1, 0.15) is 69.3 Å². The summed E-state index contributed by atoms with van der Waals surface area (Å²) in [5.41, 5.74) is 14.7. The van der Waals surface area contributed by atoms with Crippen LogP contribution >= 0.6 is 0 Å². The van der Waals surface area contributed by atoms with Gasteiger partial charge in [-0.15, -0.1) is 0 Å². The lowest BCUT2D eigenvalue weighted by Crippen LogP contribution is -2.43. The first-order valence-corrected chi connectivity index (χ1v) is 19.8. The summed E-state index contributed by atoms with van der Waals surface area (Å²) in [6.07, 6.45) is 52.5. The van der Waals surface area contributed by atoms with Gasteiger partial charge in [0.15, 0.2) is 0 Å². The van der Waals surface area contributed by atoms with E-state index in [2.05, 4.69) is 150 Å². The summed E-state index contributed by atoms with van der Waals surface area (Å²) in [5, 5.41) is 9.56. The molecule has 10 rings (SSSR count). The van der Waals surface area contributed by atoms with E-state index in [9.17, 15) is 5.26 Å². The quantitative estimate of drug-likeness (QED) is 0.311. The van der Waals surface area contributed by atoms with E-state index in [-0.39, 0.29) is 12.0 Å². The van der Waals surface area contributed by atoms with Crippen LogP contribution in [-0.2, 0) is 0 Å². The molecule has 3 nitrogen and oxygen atoms in total. The van der Waals surface area contributed by atoms with Crippen molar-refractivity contribution in [2.45, 2.75) is 81.8 Å². The van der Waals surface area contributed by atoms with E-state index in [0.717, 1.165) is 32.1 Å². The Balaban J connectivity index is 1.10. The standard InChI is InChI=1S/C49H47N3/c50-32-33-25-27-34(28-26-33)38-13-1-3-15-40(38)41-16-4-2-14-39(41)35-29-36(51-46-21-9-5-17-42(46)43-18-6-10-22-47(43)51)31-37(30-35)52-48-23-11-7-19-44(48)45-20-8-12-24-49(45)52/h1,3-7,9-11,13,16-19,21-23,25,27-28,30-31,33,36,40,42,44,46,48H,2,8,12,14-15,20,24,26,29H2. The summed E-state index contributed by atoms with van der Waals surface area (Å²) in [4.78, 5) is 5.54. The van der Waals surface area contributed by atoms with Gasteiger partial charge < -0.3 is 9.80 Å². The Morgan fingerprint density at radius 1 is 0.788 bits per heavy atom. The van der Waals surface area contributed by atoms with Crippen LogP contribution in [0, 0.1) is 29.1 Å². The Morgan fingerprint density at radius 2 is 1.63 bits per heavy atom. The van der Waals surface area contributed by atoms with Crippen LogP contribution in [0.2, 0.25) is 0 Å². The zero-order chi connectivity index (χ0) is 34.6. The summed E-state index contributed by atoms with van der Waals surface area (Å²) >= 11 is 0. The van der Waals surface area contributed by atoms with Crippen molar-refractivity contribution in [2.75, 3.05) is 4.90 Å². The van der Waals surface area contributed by atoms with Gasteiger partial charge in [-0.1, -0.05) is 115 Å². The predicted molar refractivity (Wildman–Crippen MR) is 213 cm³/mol. The molecular weight excluding hydrogens is 631 g/mol. The minimum atomic E-state index is -0.0230. The van der Waals surface area contributed by atoms with Crippen molar-refractivity contribution < 1.29 is 0 Å². The molecule has 2 aliphatic heterocycles. The number of benzene rings is 1. The molecule has 7 atom stereocenters. The molecule has 0 fully saturated rings. The third kappa shape index (κ3) is 5.22. The van der Waals surface area contributed by atoms with E-state index in [0.29, 0.717) is 29.8 Å².